The Balaban J connectivity index is 1.85. The lowest BCUT2D eigenvalue weighted by Crippen LogP contribution is -2.27. The molecule has 0 spiro atoms. The summed E-state index contributed by atoms with van der Waals surface area (Å²) in [4.78, 5) is 26.7. The fraction of sp³-hybridized carbons (Fsp3) is 0.267. The van der Waals surface area contributed by atoms with Gasteiger partial charge >= 0.3 is 5.97 Å². The van der Waals surface area contributed by atoms with Crippen LogP contribution in [0.15, 0.2) is 28.1 Å². The van der Waals surface area contributed by atoms with Gasteiger partial charge in [-0.3, -0.25) is 4.79 Å². The molecule has 1 aromatic heterocycles. The van der Waals surface area contributed by atoms with E-state index in [0.29, 0.717) is 23.7 Å². The molecule has 23 heavy (non-hydrogen) atoms. The van der Waals surface area contributed by atoms with Crippen LogP contribution in [-0.2, 0) is 17.6 Å². The maximum atomic E-state index is 12.0. The number of carbonyl (C=O) groups is 2. The normalized spacial score (nSPS) is 10.3. The summed E-state index contributed by atoms with van der Waals surface area (Å²) < 4.78 is 6.12. The van der Waals surface area contributed by atoms with Gasteiger partial charge in [0.15, 0.2) is 5.69 Å². The van der Waals surface area contributed by atoms with Crippen molar-refractivity contribution in [2.75, 3.05) is 13.7 Å². The number of thiazole rings is 1. The van der Waals surface area contributed by atoms with Crippen LogP contribution in [0.5, 0.6) is 5.75 Å². The number of aromatic nitrogens is 1. The maximum absolute atomic E-state index is 12.0. The van der Waals surface area contributed by atoms with E-state index in [2.05, 4.69) is 26.2 Å². The molecule has 1 aromatic carbocycles. The van der Waals surface area contributed by atoms with Gasteiger partial charge in [0.2, 0.25) is 5.91 Å². The zero-order chi connectivity index (χ0) is 16.8. The smallest absolute Gasteiger partial charge is 0.355 e. The van der Waals surface area contributed by atoms with Crippen molar-refractivity contribution < 1.29 is 19.4 Å². The molecule has 0 atom stereocenters. The third-order valence-electron chi connectivity index (χ3n) is 3.03. The molecule has 122 valence electrons. The molecule has 0 unspecified atom stereocenters. The number of methoxy groups -OCH3 is 1. The molecule has 0 aliphatic heterocycles. The van der Waals surface area contributed by atoms with Gasteiger partial charge < -0.3 is 15.2 Å². The molecule has 1 heterocycles. The van der Waals surface area contributed by atoms with Crippen LogP contribution in [0.25, 0.3) is 0 Å². The summed E-state index contributed by atoms with van der Waals surface area (Å²) in [5.41, 5.74) is 0.831. The Morgan fingerprint density at radius 1 is 1.43 bits per heavy atom. The average molecular weight is 399 g/mol. The molecule has 0 bridgehead atoms. The molecule has 2 N–H and O–H groups in total. The van der Waals surface area contributed by atoms with Gasteiger partial charge in [-0.05, 0) is 18.2 Å². The first-order valence-electron chi connectivity index (χ1n) is 6.76. The van der Waals surface area contributed by atoms with E-state index in [9.17, 15) is 9.59 Å². The van der Waals surface area contributed by atoms with Crippen molar-refractivity contribution in [2.45, 2.75) is 12.8 Å². The van der Waals surface area contributed by atoms with Crippen molar-refractivity contribution in [2.24, 2.45) is 0 Å². The van der Waals surface area contributed by atoms with Gasteiger partial charge in [-0.25, -0.2) is 9.78 Å². The Bertz CT molecular complexity index is 717. The van der Waals surface area contributed by atoms with Crippen LogP contribution in [0, 0.1) is 0 Å². The number of carboxylic acid groups (broad SMARTS) is 1. The van der Waals surface area contributed by atoms with Gasteiger partial charge in [0.1, 0.15) is 5.75 Å². The summed E-state index contributed by atoms with van der Waals surface area (Å²) in [5.74, 6) is -0.510. The van der Waals surface area contributed by atoms with Gasteiger partial charge in [0, 0.05) is 28.4 Å². The standard InChI is InChI=1S/C15H15BrN2O4S/c1-22-12-3-2-10(16)6-9(12)7-13(19)17-5-4-14-18-11(8-23-14)15(20)21/h2-3,6,8H,4-5,7H2,1H3,(H,17,19)(H,20,21). The molecule has 0 aliphatic carbocycles. The Kier molecular flexibility index (Phi) is 6.12. The first-order valence-corrected chi connectivity index (χ1v) is 8.43. The van der Waals surface area contributed by atoms with Crippen molar-refractivity contribution in [3.63, 3.8) is 0 Å². The second-order valence-electron chi connectivity index (χ2n) is 4.66. The van der Waals surface area contributed by atoms with Gasteiger partial charge in [-0.1, -0.05) is 15.9 Å². The van der Waals surface area contributed by atoms with Gasteiger partial charge in [0.25, 0.3) is 0 Å². The Hall–Kier alpha value is -1.93. The van der Waals surface area contributed by atoms with Gasteiger partial charge in [0.05, 0.1) is 18.5 Å². The number of nitrogens with zero attached hydrogens (tertiary/aromatic N) is 1. The molecule has 6 nitrogen and oxygen atoms in total. The lowest BCUT2D eigenvalue weighted by Gasteiger charge is -2.09. The number of amides is 1. The first kappa shape index (κ1) is 17.4. The largest absolute Gasteiger partial charge is 0.496 e. The molecule has 1 amide bonds. The minimum absolute atomic E-state index is 0.0372. The molecular formula is C15H15BrN2O4S. The summed E-state index contributed by atoms with van der Waals surface area (Å²) in [6.45, 7) is 0.404. The van der Waals surface area contributed by atoms with E-state index in [-0.39, 0.29) is 18.0 Å². The third kappa shape index (κ3) is 5.04. The molecule has 0 saturated carbocycles. The van der Waals surface area contributed by atoms with E-state index >= 15 is 0 Å². The van der Waals surface area contributed by atoms with Crippen LogP contribution in [0.2, 0.25) is 0 Å². The number of rotatable bonds is 7. The zero-order valence-corrected chi connectivity index (χ0v) is 14.7. The highest BCUT2D eigenvalue weighted by molar-refractivity contribution is 9.10. The van der Waals surface area contributed by atoms with Crippen LogP contribution in [-0.4, -0.2) is 35.6 Å². The predicted molar refractivity (Wildman–Crippen MR) is 90.2 cm³/mol. The van der Waals surface area contributed by atoms with Crippen LogP contribution in [0.1, 0.15) is 21.1 Å². The van der Waals surface area contributed by atoms with Crippen LogP contribution in [0.4, 0.5) is 0 Å². The first-order chi connectivity index (χ1) is 11.0. The SMILES string of the molecule is COc1ccc(Br)cc1CC(=O)NCCc1nc(C(=O)O)cs1. The lowest BCUT2D eigenvalue weighted by atomic mass is 10.1. The second-order valence-corrected chi connectivity index (χ2v) is 6.52. The monoisotopic (exact) mass is 398 g/mol. The fourth-order valence-electron chi connectivity index (χ4n) is 1.95. The van der Waals surface area contributed by atoms with Gasteiger partial charge in [-0.2, -0.15) is 0 Å². The second kappa shape index (κ2) is 8.07. The number of carbonyl (C=O) groups excluding carboxylic acids is 1. The number of ether oxygens (including phenoxy) is 1. The Morgan fingerprint density at radius 3 is 2.87 bits per heavy atom. The lowest BCUT2D eigenvalue weighted by molar-refractivity contribution is -0.120. The van der Waals surface area contributed by atoms with Crippen LogP contribution < -0.4 is 10.1 Å². The number of carboxylic acids is 1. The molecule has 0 aliphatic rings. The summed E-state index contributed by atoms with van der Waals surface area (Å²) in [6.07, 6.45) is 0.708. The minimum atomic E-state index is -1.04. The molecular weight excluding hydrogens is 384 g/mol. The van der Waals surface area contributed by atoms with E-state index in [0.717, 1.165) is 10.0 Å². The summed E-state index contributed by atoms with van der Waals surface area (Å²) in [5, 5.41) is 13.8. The topological polar surface area (TPSA) is 88.5 Å². The molecule has 2 aromatic rings. The third-order valence-corrected chi connectivity index (χ3v) is 4.43. The number of aromatic carboxylic acids is 1. The van der Waals surface area contributed by atoms with E-state index < -0.39 is 5.97 Å². The summed E-state index contributed by atoms with van der Waals surface area (Å²) in [7, 11) is 1.56. The quantitative estimate of drug-likeness (QED) is 0.747. The number of hydrogen-bond acceptors (Lipinski definition) is 5. The van der Waals surface area contributed by atoms with Crippen molar-refractivity contribution in [1.82, 2.24) is 10.3 Å². The highest BCUT2D eigenvalue weighted by Gasteiger charge is 2.11. The van der Waals surface area contributed by atoms with E-state index in [1.807, 2.05) is 12.1 Å². The number of halogens is 1. The van der Waals surface area contributed by atoms with Gasteiger partial charge in [-0.15, -0.1) is 11.3 Å². The van der Waals surface area contributed by atoms with Crippen molar-refractivity contribution in [3.05, 3.63) is 44.3 Å². The number of benzene rings is 1. The van der Waals surface area contributed by atoms with Crippen molar-refractivity contribution in [1.29, 1.82) is 0 Å². The van der Waals surface area contributed by atoms with E-state index in [4.69, 9.17) is 9.84 Å². The van der Waals surface area contributed by atoms with Crippen molar-refractivity contribution in [3.8, 4) is 5.75 Å². The highest BCUT2D eigenvalue weighted by Crippen LogP contribution is 2.23. The average Bonchev–Trinajstić information content (AvgIpc) is 2.96. The molecule has 0 fully saturated rings. The Labute approximate surface area is 145 Å². The molecule has 8 heteroatoms. The zero-order valence-electron chi connectivity index (χ0n) is 12.3. The highest BCUT2D eigenvalue weighted by atomic mass is 79.9. The number of hydrogen-bond donors (Lipinski definition) is 2. The summed E-state index contributed by atoms with van der Waals surface area (Å²) in [6, 6.07) is 5.50. The predicted octanol–water partition coefficient (Wildman–Crippen LogP) is 2.51. The van der Waals surface area contributed by atoms with Crippen LogP contribution in [0.3, 0.4) is 0 Å². The number of nitrogens with one attached hydrogen (secondary N) is 1. The van der Waals surface area contributed by atoms with Crippen molar-refractivity contribution >= 4 is 39.1 Å². The molecule has 0 saturated heterocycles. The van der Waals surface area contributed by atoms with Crippen LogP contribution >= 0.6 is 27.3 Å². The molecule has 2 rings (SSSR count). The maximum Gasteiger partial charge on any atom is 0.355 e. The van der Waals surface area contributed by atoms with E-state index in [1.54, 1.807) is 13.2 Å². The minimum Gasteiger partial charge on any atom is -0.496 e. The van der Waals surface area contributed by atoms with E-state index in [1.165, 1.54) is 16.7 Å². The fourth-order valence-corrected chi connectivity index (χ4v) is 3.13. The summed E-state index contributed by atoms with van der Waals surface area (Å²) >= 11 is 4.64. The Morgan fingerprint density at radius 2 is 2.22 bits per heavy atom. The molecule has 0 radical (unpaired) electrons.